The minimum absolute atomic E-state index is 0.308. The van der Waals surface area contributed by atoms with E-state index in [4.69, 9.17) is 0 Å². The molecule has 1 atom stereocenters. The molecule has 2 heterocycles. The van der Waals surface area contributed by atoms with E-state index >= 15 is 0 Å². The summed E-state index contributed by atoms with van der Waals surface area (Å²) < 4.78 is 0. The highest BCUT2D eigenvalue weighted by Crippen LogP contribution is 2.18. The van der Waals surface area contributed by atoms with Gasteiger partial charge in [0.1, 0.15) is 0 Å². The molecule has 2 rings (SSSR count). The first kappa shape index (κ1) is 14.3. The Labute approximate surface area is 115 Å². The van der Waals surface area contributed by atoms with Crippen molar-refractivity contribution in [3.05, 3.63) is 24.0 Å². The molecule has 1 aliphatic rings. The van der Waals surface area contributed by atoms with Gasteiger partial charge in [-0.25, -0.2) is 0 Å². The second kappa shape index (κ2) is 7.46. The Hall–Kier alpha value is -1.13. The summed E-state index contributed by atoms with van der Waals surface area (Å²) in [6.07, 6.45) is 5.33. The van der Waals surface area contributed by atoms with Crippen LogP contribution in [0.5, 0.6) is 0 Å². The second-order valence-electron chi connectivity index (χ2n) is 5.39. The third-order valence-corrected chi connectivity index (χ3v) is 3.64. The van der Waals surface area contributed by atoms with Crippen LogP contribution >= 0.6 is 0 Å². The monoisotopic (exact) mass is 263 g/mol. The summed E-state index contributed by atoms with van der Waals surface area (Å²) in [5.74, 6) is 0.440. The molecule has 19 heavy (non-hydrogen) atoms. The van der Waals surface area contributed by atoms with Crippen LogP contribution in [-0.2, 0) is 6.54 Å². The van der Waals surface area contributed by atoms with E-state index in [0.29, 0.717) is 12.5 Å². The number of aliphatic hydroxyl groups excluding tert-OH is 1. The number of rotatable bonds is 6. The lowest BCUT2D eigenvalue weighted by Gasteiger charge is -2.31. The average molecular weight is 263 g/mol. The third kappa shape index (κ3) is 4.48. The smallest absolute Gasteiger partial charge is 0.0564 e. The van der Waals surface area contributed by atoms with Gasteiger partial charge in [0.05, 0.1) is 5.69 Å². The number of nitrogens with one attached hydrogen (secondary N) is 1. The minimum atomic E-state index is 0.308. The standard InChI is InChI=1S/C15H25N3O/c1-2-6-16-14-5-7-17-15(9-14)11-18-8-3-4-13(10-18)12-19/h5,7,9,13,19H,2-4,6,8,10-12H2,1H3,(H,16,17). The van der Waals surface area contributed by atoms with E-state index in [9.17, 15) is 5.11 Å². The van der Waals surface area contributed by atoms with E-state index in [2.05, 4.69) is 28.2 Å². The molecule has 0 aliphatic carbocycles. The predicted molar refractivity (Wildman–Crippen MR) is 78.1 cm³/mol. The molecule has 0 bridgehead atoms. The van der Waals surface area contributed by atoms with Gasteiger partial charge in [-0.15, -0.1) is 0 Å². The van der Waals surface area contributed by atoms with Gasteiger partial charge in [0.2, 0.25) is 0 Å². The number of hydrogen-bond acceptors (Lipinski definition) is 4. The van der Waals surface area contributed by atoms with E-state index < -0.39 is 0 Å². The number of anilines is 1. The number of aliphatic hydroxyl groups is 1. The van der Waals surface area contributed by atoms with Crippen LogP contribution in [0, 0.1) is 5.92 Å². The molecule has 0 radical (unpaired) electrons. The van der Waals surface area contributed by atoms with Gasteiger partial charge in [-0.1, -0.05) is 6.92 Å². The maximum absolute atomic E-state index is 9.26. The summed E-state index contributed by atoms with van der Waals surface area (Å²) >= 11 is 0. The lowest BCUT2D eigenvalue weighted by molar-refractivity contribution is 0.115. The Morgan fingerprint density at radius 3 is 3.21 bits per heavy atom. The van der Waals surface area contributed by atoms with Crippen LogP contribution in [0.15, 0.2) is 18.3 Å². The van der Waals surface area contributed by atoms with Gasteiger partial charge in [0, 0.05) is 38.1 Å². The number of likely N-dealkylation sites (tertiary alicyclic amines) is 1. The van der Waals surface area contributed by atoms with Crippen LogP contribution in [0.4, 0.5) is 5.69 Å². The molecule has 0 aromatic carbocycles. The van der Waals surface area contributed by atoms with Crippen LogP contribution < -0.4 is 5.32 Å². The molecule has 1 saturated heterocycles. The van der Waals surface area contributed by atoms with Crippen molar-refractivity contribution < 1.29 is 5.11 Å². The fraction of sp³-hybridized carbons (Fsp3) is 0.667. The zero-order valence-electron chi connectivity index (χ0n) is 11.8. The van der Waals surface area contributed by atoms with E-state index in [1.165, 1.54) is 6.42 Å². The number of nitrogens with zero attached hydrogens (tertiary/aromatic N) is 2. The van der Waals surface area contributed by atoms with Gasteiger partial charge in [0.25, 0.3) is 0 Å². The summed E-state index contributed by atoms with van der Waals surface area (Å²) in [5.41, 5.74) is 2.27. The van der Waals surface area contributed by atoms with Gasteiger partial charge in [0.15, 0.2) is 0 Å². The first-order valence-electron chi connectivity index (χ1n) is 7.34. The van der Waals surface area contributed by atoms with Crippen molar-refractivity contribution in [2.24, 2.45) is 5.92 Å². The van der Waals surface area contributed by atoms with Gasteiger partial charge >= 0.3 is 0 Å². The molecule has 4 nitrogen and oxygen atoms in total. The lowest BCUT2D eigenvalue weighted by atomic mass is 9.99. The van der Waals surface area contributed by atoms with Crippen LogP contribution in [0.25, 0.3) is 0 Å². The quantitative estimate of drug-likeness (QED) is 0.825. The first-order chi connectivity index (χ1) is 9.31. The summed E-state index contributed by atoms with van der Waals surface area (Å²) in [7, 11) is 0. The van der Waals surface area contributed by atoms with Crippen molar-refractivity contribution in [3.63, 3.8) is 0 Å². The maximum Gasteiger partial charge on any atom is 0.0564 e. The molecule has 106 valence electrons. The first-order valence-corrected chi connectivity index (χ1v) is 7.34. The van der Waals surface area contributed by atoms with E-state index in [1.807, 2.05) is 12.3 Å². The lowest BCUT2D eigenvalue weighted by Crippen LogP contribution is -2.36. The van der Waals surface area contributed by atoms with Crippen molar-refractivity contribution in [1.82, 2.24) is 9.88 Å². The number of aromatic nitrogens is 1. The molecule has 0 amide bonds. The minimum Gasteiger partial charge on any atom is -0.396 e. The second-order valence-corrected chi connectivity index (χ2v) is 5.39. The van der Waals surface area contributed by atoms with Crippen molar-refractivity contribution in [3.8, 4) is 0 Å². The molecule has 0 saturated carbocycles. The molecule has 1 aromatic rings. The highest BCUT2D eigenvalue weighted by atomic mass is 16.3. The van der Waals surface area contributed by atoms with Crippen molar-refractivity contribution in [2.45, 2.75) is 32.7 Å². The van der Waals surface area contributed by atoms with Gasteiger partial charge in [-0.05, 0) is 43.9 Å². The van der Waals surface area contributed by atoms with Crippen LogP contribution in [-0.4, -0.2) is 41.2 Å². The largest absolute Gasteiger partial charge is 0.396 e. The predicted octanol–water partition coefficient (Wildman–Crippen LogP) is 2.11. The van der Waals surface area contributed by atoms with Crippen LogP contribution in [0.3, 0.4) is 0 Å². The van der Waals surface area contributed by atoms with Crippen molar-refractivity contribution >= 4 is 5.69 Å². The topological polar surface area (TPSA) is 48.4 Å². The fourth-order valence-corrected chi connectivity index (χ4v) is 2.62. The molecule has 1 unspecified atom stereocenters. The summed E-state index contributed by atoms with van der Waals surface area (Å²) in [6.45, 7) is 6.47. The molecule has 2 N–H and O–H groups in total. The maximum atomic E-state index is 9.26. The zero-order chi connectivity index (χ0) is 13.5. The summed E-state index contributed by atoms with van der Waals surface area (Å²) in [4.78, 5) is 6.85. The number of hydrogen-bond donors (Lipinski definition) is 2. The average Bonchev–Trinajstić information content (AvgIpc) is 2.46. The highest BCUT2D eigenvalue weighted by molar-refractivity contribution is 5.43. The third-order valence-electron chi connectivity index (χ3n) is 3.64. The van der Waals surface area contributed by atoms with Gasteiger partial charge in [-0.2, -0.15) is 0 Å². The number of pyridine rings is 1. The Morgan fingerprint density at radius 2 is 2.42 bits per heavy atom. The van der Waals surface area contributed by atoms with E-state index in [0.717, 1.165) is 50.4 Å². The van der Waals surface area contributed by atoms with Crippen LogP contribution in [0.2, 0.25) is 0 Å². The normalized spacial score (nSPS) is 20.4. The van der Waals surface area contributed by atoms with E-state index in [-0.39, 0.29) is 0 Å². The Balaban J connectivity index is 1.90. The van der Waals surface area contributed by atoms with Gasteiger partial charge in [-0.3, -0.25) is 9.88 Å². The number of piperidine rings is 1. The fourth-order valence-electron chi connectivity index (χ4n) is 2.62. The molecule has 4 heteroatoms. The Bertz CT molecular complexity index is 383. The highest BCUT2D eigenvalue weighted by Gasteiger charge is 2.19. The van der Waals surface area contributed by atoms with Crippen molar-refractivity contribution in [2.75, 3.05) is 31.6 Å². The molecule has 1 fully saturated rings. The Morgan fingerprint density at radius 1 is 1.53 bits per heavy atom. The van der Waals surface area contributed by atoms with E-state index in [1.54, 1.807) is 0 Å². The Kier molecular flexibility index (Phi) is 5.61. The molecular formula is C15H25N3O. The zero-order valence-corrected chi connectivity index (χ0v) is 11.8. The summed E-state index contributed by atoms with van der Waals surface area (Å²) in [5, 5.41) is 12.7. The SMILES string of the molecule is CCCNc1ccnc(CN2CCCC(CO)C2)c1. The molecule has 0 spiro atoms. The molecular weight excluding hydrogens is 238 g/mol. The van der Waals surface area contributed by atoms with Crippen LogP contribution in [0.1, 0.15) is 31.9 Å². The molecule has 1 aliphatic heterocycles. The summed E-state index contributed by atoms with van der Waals surface area (Å²) in [6, 6.07) is 4.16. The van der Waals surface area contributed by atoms with Crippen molar-refractivity contribution in [1.29, 1.82) is 0 Å². The molecule has 1 aromatic heterocycles. The van der Waals surface area contributed by atoms with Gasteiger partial charge < -0.3 is 10.4 Å².